The van der Waals surface area contributed by atoms with E-state index in [1.54, 1.807) is 0 Å². The summed E-state index contributed by atoms with van der Waals surface area (Å²) in [5.74, 6) is 1.61. The van der Waals surface area contributed by atoms with Crippen molar-refractivity contribution in [3.05, 3.63) is 149 Å². The number of benzene rings is 4. The molecule has 2 aliphatic rings. The van der Waals surface area contributed by atoms with Crippen LogP contribution in [0.1, 0.15) is 27.8 Å². The summed E-state index contributed by atoms with van der Waals surface area (Å²) in [6.45, 7) is 0. The number of nitrogens with zero attached hydrogens (tertiary/aromatic N) is 4. The molecule has 5 heteroatoms. The van der Waals surface area contributed by atoms with E-state index in [2.05, 4.69) is 71.3 Å². The van der Waals surface area contributed by atoms with E-state index in [9.17, 15) is 5.26 Å². The second kappa shape index (κ2) is 7.91. The molecule has 0 atom stereocenters. The molecule has 0 amide bonds. The van der Waals surface area contributed by atoms with Gasteiger partial charge >= 0.3 is 0 Å². The van der Waals surface area contributed by atoms with Gasteiger partial charge in [0.15, 0.2) is 5.75 Å². The van der Waals surface area contributed by atoms with E-state index in [0.717, 1.165) is 72.6 Å². The number of aromatic nitrogens is 3. The molecule has 1 spiro atoms. The van der Waals surface area contributed by atoms with Crippen LogP contribution < -0.4 is 4.74 Å². The second-order valence-electron chi connectivity index (χ2n) is 10.5. The van der Waals surface area contributed by atoms with Crippen molar-refractivity contribution in [2.24, 2.45) is 0 Å². The van der Waals surface area contributed by atoms with Crippen LogP contribution in [-0.2, 0) is 5.41 Å². The molecule has 3 aromatic heterocycles. The summed E-state index contributed by atoms with van der Waals surface area (Å²) in [7, 11) is 0. The minimum Gasteiger partial charge on any atom is -0.454 e. The molecule has 0 N–H and O–H groups in total. The molecule has 0 radical (unpaired) electrons. The van der Waals surface area contributed by atoms with E-state index < -0.39 is 5.41 Å². The Labute approximate surface area is 235 Å². The van der Waals surface area contributed by atoms with Crippen LogP contribution in [0.3, 0.4) is 0 Å². The summed E-state index contributed by atoms with van der Waals surface area (Å²) in [6, 6.07) is 39.6. The van der Waals surface area contributed by atoms with Crippen molar-refractivity contribution < 1.29 is 4.74 Å². The van der Waals surface area contributed by atoms with Crippen LogP contribution in [0, 0.1) is 11.3 Å². The summed E-state index contributed by atoms with van der Waals surface area (Å²) < 4.78 is 9.14. The van der Waals surface area contributed by atoms with Crippen molar-refractivity contribution in [1.29, 1.82) is 5.26 Å². The minimum atomic E-state index is -0.639. The first-order valence-corrected chi connectivity index (χ1v) is 13.6. The van der Waals surface area contributed by atoms with Crippen molar-refractivity contribution in [2.45, 2.75) is 5.41 Å². The van der Waals surface area contributed by atoms with E-state index in [-0.39, 0.29) is 0 Å². The lowest BCUT2D eigenvalue weighted by Crippen LogP contribution is -2.32. The van der Waals surface area contributed by atoms with E-state index in [1.165, 1.54) is 0 Å². The molecule has 1 aliphatic heterocycles. The van der Waals surface area contributed by atoms with Gasteiger partial charge in [0, 0.05) is 34.3 Å². The molecule has 4 heterocycles. The lowest BCUT2D eigenvalue weighted by atomic mass is 9.66. The van der Waals surface area contributed by atoms with Gasteiger partial charge in [-0.3, -0.25) is 9.97 Å². The smallest absolute Gasteiger partial charge is 0.156 e. The third kappa shape index (κ3) is 2.69. The normalized spacial score (nSPS) is 13.7. The van der Waals surface area contributed by atoms with Gasteiger partial charge in [-0.25, -0.2) is 0 Å². The first kappa shape index (κ1) is 22.1. The Morgan fingerprint density at radius 3 is 2.12 bits per heavy atom. The summed E-state index contributed by atoms with van der Waals surface area (Å²) in [5, 5.41) is 11.8. The summed E-state index contributed by atoms with van der Waals surface area (Å²) in [5.41, 5.74) is 9.14. The monoisotopic (exact) mass is 524 g/mol. The molecule has 0 fully saturated rings. The van der Waals surface area contributed by atoms with Crippen molar-refractivity contribution >= 4 is 21.8 Å². The van der Waals surface area contributed by atoms with Crippen LogP contribution in [0.4, 0.5) is 0 Å². The molecule has 190 valence electrons. The number of fused-ring (bicyclic) bond motifs is 12. The molecule has 0 bridgehead atoms. The number of para-hydroxylation sites is 3. The largest absolute Gasteiger partial charge is 0.454 e. The van der Waals surface area contributed by atoms with Gasteiger partial charge in [-0.15, -0.1) is 0 Å². The van der Waals surface area contributed by atoms with Crippen molar-refractivity contribution in [1.82, 2.24) is 14.5 Å². The highest BCUT2D eigenvalue weighted by atomic mass is 16.5. The number of hydrogen-bond acceptors (Lipinski definition) is 4. The highest BCUT2D eigenvalue weighted by molar-refractivity contribution is 6.10. The topological polar surface area (TPSA) is 63.7 Å². The fourth-order valence-electron chi connectivity index (χ4n) is 7.04. The predicted molar refractivity (Wildman–Crippen MR) is 158 cm³/mol. The minimum absolute atomic E-state index is 0.638. The first-order chi connectivity index (χ1) is 20.3. The van der Waals surface area contributed by atoms with Crippen LogP contribution in [-0.4, -0.2) is 14.5 Å². The van der Waals surface area contributed by atoms with Gasteiger partial charge in [0.05, 0.1) is 45.2 Å². The maximum atomic E-state index is 9.64. The van der Waals surface area contributed by atoms with Crippen LogP contribution in [0.25, 0.3) is 38.9 Å². The zero-order valence-corrected chi connectivity index (χ0v) is 21.7. The standard InChI is InChI=1S/C36H20N4O/c37-21-22-16-17-30-24(20-22)23-8-1-3-13-29(23)40(30)31-14-5-10-28-35(31)41-32-15-4-2-9-25(32)36(28)26-11-6-18-38-33(26)34-27(36)12-7-19-39-34/h1-20H. The van der Waals surface area contributed by atoms with Crippen LogP contribution in [0.5, 0.6) is 11.5 Å². The average molecular weight is 525 g/mol. The Kier molecular flexibility index (Phi) is 4.27. The SMILES string of the molecule is N#Cc1ccc2c(c1)c1ccccc1n2-c1cccc2c1Oc1ccccc1C21c2cccnc2-c2ncccc21. The van der Waals surface area contributed by atoms with E-state index in [4.69, 9.17) is 14.7 Å². The zero-order valence-electron chi connectivity index (χ0n) is 21.7. The van der Waals surface area contributed by atoms with E-state index in [0.29, 0.717) is 5.56 Å². The molecule has 41 heavy (non-hydrogen) atoms. The van der Waals surface area contributed by atoms with Gasteiger partial charge in [-0.2, -0.15) is 5.26 Å². The lowest BCUT2D eigenvalue weighted by molar-refractivity contribution is 0.434. The molecular formula is C36H20N4O. The van der Waals surface area contributed by atoms with Crippen molar-refractivity contribution in [2.75, 3.05) is 0 Å². The van der Waals surface area contributed by atoms with Gasteiger partial charge in [0.25, 0.3) is 0 Å². The van der Waals surface area contributed by atoms with E-state index >= 15 is 0 Å². The predicted octanol–water partition coefficient (Wildman–Crippen LogP) is 7.91. The Morgan fingerprint density at radius 1 is 0.634 bits per heavy atom. The van der Waals surface area contributed by atoms with Crippen LogP contribution in [0.15, 0.2) is 122 Å². The summed E-state index contributed by atoms with van der Waals surface area (Å²) >= 11 is 0. The van der Waals surface area contributed by atoms with Crippen molar-refractivity contribution in [3.8, 4) is 34.6 Å². The maximum Gasteiger partial charge on any atom is 0.156 e. The Morgan fingerprint density at radius 2 is 1.32 bits per heavy atom. The molecule has 9 rings (SSSR count). The molecular weight excluding hydrogens is 504 g/mol. The lowest BCUT2D eigenvalue weighted by Gasteiger charge is -2.39. The molecule has 1 aliphatic carbocycles. The third-order valence-electron chi connectivity index (χ3n) is 8.59. The zero-order chi connectivity index (χ0) is 27.1. The Bertz CT molecular complexity index is 2230. The van der Waals surface area contributed by atoms with E-state index in [1.807, 2.05) is 60.9 Å². The first-order valence-electron chi connectivity index (χ1n) is 13.6. The molecule has 0 unspecified atom stereocenters. The number of hydrogen-bond donors (Lipinski definition) is 0. The number of nitriles is 1. The Hall–Kier alpha value is -5.73. The number of rotatable bonds is 1. The summed E-state index contributed by atoms with van der Waals surface area (Å²) in [6.07, 6.45) is 3.68. The highest BCUT2D eigenvalue weighted by Gasteiger charge is 2.52. The second-order valence-corrected chi connectivity index (χ2v) is 10.5. The molecule has 0 saturated carbocycles. The molecule has 7 aromatic rings. The molecule has 5 nitrogen and oxygen atoms in total. The third-order valence-corrected chi connectivity index (χ3v) is 8.59. The van der Waals surface area contributed by atoms with Gasteiger partial charge in [0.2, 0.25) is 0 Å². The fourth-order valence-corrected chi connectivity index (χ4v) is 7.04. The van der Waals surface area contributed by atoms with Crippen LogP contribution >= 0.6 is 0 Å². The number of ether oxygens (including phenoxy) is 1. The van der Waals surface area contributed by atoms with Gasteiger partial charge in [0.1, 0.15) is 5.75 Å². The highest BCUT2D eigenvalue weighted by Crippen LogP contribution is 2.62. The summed E-state index contributed by atoms with van der Waals surface area (Å²) in [4.78, 5) is 9.66. The van der Waals surface area contributed by atoms with Gasteiger partial charge in [-0.1, -0.05) is 60.7 Å². The maximum absolute atomic E-state index is 9.64. The number of pyridine rings is 2. The Balaban J connectivity index is 1.44. The van der Waals surface area contributed by atoms with Gasteiger partial charge < -0.3 is 9.30 Å². The van der Waals surface area contributed by atoms with Crippen LogP contribution in [0.2, 0.25) is 0 Å². The van der Waals surface area contributed by atoms with Gasteiger partial charge in [-0.05, 0) is 59.7 Å². The quantitative estimate of drug-likeness (QED) is 0.219. The molecule has 4 aromatic carbocycles. The molecule has 0 saturated heterocycles. The van der Waals surface area contributed by atoms with Crippen molar-refractivity contribution in [3.63, 3.8) is 0 Å². The average Bonchev–Trinajstić information content (AvgIpc) is 3.52. The fraction of sp³-hybridized carbons (Fsp3) is 0.0278.